The van der Waals surface area contributed by atoms with E-state index in [0.29, 0.717) is 17.7 Å². The second-order valence-electron chi connectivity index (χ2n) is 12.2. The van der Waals surface area contributed by atoms with Gasteiger partial charge in [-0.3, -0.25) is 9.11 Å². The van der Waals surface area contributed by atoms with E-state index in [9.17, 15) is 25.9 Å². The van der Waals surface area contributed by atoms with Crippen LogP contribution in [0.15, 0.2) is 76.5 Å². The Kier molecular flexibility index (Phi) is 8.40. The van der Waals surface area contributed by atoms with Crippen LogP contribution in [0.4, 0.5) is 0 Å². The number of benzene rings is 3. The summed E-state index contributed by atoms with van der Waals surface area (Å²) in [6.07, 6.45) is 13.6. The zero-order valence-electron chi connectivity index (χ0n) is 23.8. The van der Waals surface area contributed by atoms with E-state index in [0.717, 1.165) is 28.7 Å². The minimum absolute atomic E-state index is 0.0572. The highest BCUT2D eigenvalue weighted by molar-refractivity contribution is 7.86. The Morgan fingerprint density at radius 3 is 1.74 bits per heavy atom. The number of hydrogen-bond donors (Lipinski definition) is 2. The van der Waals surface area contributed by atoms with Gasteiger partial charge in [0.15, 0.2) is 0 Å². The van der Waals surface area contributed by atoms with E-state index in [1.165, 1.54) is 88.0 Å². The van der Waals surface area contributed by atoms with Crippen molar-refractivity contribution in [2.45, 2.75) is 103 Å². The van der Waals surface area contributed by atoms with Gasteiger partial charge in [-0.1, -0.05) is 88.9 Å². The lowest BCUT2D eigenvalue weighted by Gasteiger charge is -2.50. The molecule has 3 aromatic rings. The van der Waals surface area contributed by atoms with E-state index < -0.39 is 33.3 Å². The molecule has 42 heavy (non-hydrogen) atoms. The molecule has 0 heterocycles. The Balaban J connectivity index is 1.56. The molecule has 2 N–H and O–H groups in total. The van der Waals surface area contributed by atoms with Gasteiger partial charge in [-0.15, -0.1) is 0 Å². The van der Waals surface area contributed by atoms with Crippen LogP contribution in [0.1, 0.15) is 87.3 Å². The average molecular weight is 627 g/mol. The summed E-state index contributed by atoms with van der Waals surface area (Å²) in [4.78, 5) is -0.180. The van der Waals surface area contributed by atoms with Gasteiger partial charge in [-0.25, -0.2) is 0 Å². The van der Waals surface area contributed by atoms with Crippen LogP contribution in [-0.4, -0.2) is 37.3 Å². The molecule has 224 valence electrons. The van der Waals surface area contributed by atoms with Crippen molar-refractivity contribution in [3.05, 3.63) is 83.4 Å². The van der Waals surface area contributed by atoms with Crippen LogP contribution in [0.25, 0.3) is 11.1 Å². The van der Waals surface area contributed by atoms with E-state index in [1.54, 1.807) is 18.2 Å². The highest BCUT2D eigenvalue weighted by Crippen LogP contribution is 2.74. The van der Waals surface area contributed by atoms with E-state index in [2.05, 4.69) is 18.2 Å². The molecule has 1 atom stereocenters. The van der Waals surface area contributed by atoms with Crippen molar-refractivity contribution in [3.63, 3.8) is 0 Å². The Hall–Kier alpha value is -2.09. The maximum absolute atomic E-state index is 12.5. The predicted molar refractivity (Wildman–Crippen MR) is 168 cm³/mol. The maximum Gasteiger partial charge on any atom is 0.294 e. The van der Waals surface area contributed by atoms with E-state index >= 15 is 0 Å². The summed E-state index contributed by atoms with van der Waals surface area (Å²) in [7, 11) is -9.31. The molecule has 6 rings (SSSR count). The third kappa shape index (κ3) is 5.61. The number of rotatable bonds is 8. The summed E-state index contributed by atoms with van der Waals surface area (Å²) >= 11 is 0. The Bertz CT molecular complexity index is 1640. The van der Waals surface area contributed by atoms with Crippen molar-refractivity contribution in [2.24, 2.45) is 0 Å². The molecule has 0 radical (unpaired) electrons. The summed E-state index contributed by atoms with van der Waals surface area (Å²) in [6, 6.07) is 20.2. The lowest BCUT2D eigenvalue weighted by molar-refractivity contribution is 0.470. The molecule has 6 nitrogen and oxygen atoms in total. The first-order chi connectivity index (χ1) is 20.1. The van der Waals surface area contributed by atoms with Crippen LogP contribution in [-0.2, 0) is 31.8 Å². The molecule has 3 aliphatic carbocycles. The Labute approximate surface area is 251 Å². The second kappa shape index (κ2) is 11.8. The van der Waals surface area contributed by atoms with Crippen LogP contribution in [0, 0.1) is 0 Å². The first kappa shape index (κ1) is 30.0. The standard InChI is InChI=1S/C33H39O6PS2/c34-41(35,36)27-17-15-24(16-18-27)21-22-33(40(25-9-3-1-4-10-25)26-11-5-2-6-12-26)31-14-8-7-13-29(31)30-20-19-28(23-32(30)33)42(37,38)39/h7-8,13-20,23,25-26H,1-6,9-12,21-22H2,(H,34,35,36)(H,37,38,39). The summed E-state index contributed by atoms with van der Waals surface area (Å²) in [5, 5.41) is -0.395. The molecular formula is C33H39O6PS2. The molecule has 1 unspecified atom stereocenters. The summed E-state index contributed by atoms with van der Waals surface area (Å²) in [5.74, 6) is 0. The predicted octanol–water partition coefficient (Wildman–Crippen LogP) is 8.18. The number of hydrogen-bond acceptors (Lipinski definition) is 4. The van der Waals surface area contributed by atoms with Crippen LogP contribution in [0.2, 0.25) is 0 Å². The third-order valence-electron chi connectivity index (χ3n) is 9.77. The van der Waals surface area contributed by atoms with Gasteiger partial charge in [-0.2, -0.15) is 16.8 Å². The van der Waals surface area contributed by atoms with Gasteiger partial charge in [0.2, 0.25) is 0 Å². The van der Waals surface area contributed by atoms with Crippen LogP contribution in [0.5, 0.6) is 0 Å². The monoisotopic (exact) mass is 626 g/mol. The molecule has 0 amide bonds. The summed E-state index contributed by atoms with van der Waals surface area (Å²) in [5.41, 5.74) is 6.62. The van der Waals surface area contributed by atoms with Gasteiger partial charge >= 0.3 is 0 Å². The lowest BCUT2D eigenvalue weighted by Crippen LogP contribution is -2.35. The Morgan fingerprint density at radius 1 is 0.643 bits per heavy atom. The molecule has 9 heteroatoms. The SMILES string of the molecule is O=S(=O)(O)c1ccc(CCC2(P(C3CCCCC3)C3CCCCC3)c3ccccc3-c3ccc(S(=O)(=O)O)cc32)cc1. The van der Waals surface area contributed by atoms with Crippen molar-refractivity contribution in [1.82, 2.24) is 0 Å². The van der Waals surface area contributed by atoms with Gasteiger partial charge < -0.3 is 0 Å². The van der Waals surface area contributed by atoms with Crippen molar-refractivity contribution in [1.29, 1.82) is 0 Å². The van der Waals surface area contributed by atoms with Crippen LogP contribution < -0.4 is 0 Å². The zero-order valence-corrected chi connectivity index (χ0v) is 26.3. The third-order valence-corrected chi connectivity index (χ3v) is 15.7. The smallest absolute Gasteiger partial charge is 0.282 e. The van der Waals surface area contributed by atoms with Crippen LogP contribution >= 0.6 is 7.92 Å². The normalized spacial score (nSPS) is 21.8. The van der Waals surface area contributed by atoms with Gasteiger partial charge in [-0.05, 0) is 102 Å². The molecule has 2 fully saturated rings. The Morgan fingerprint density at radius 2 is 1.17 bits per heavy atom. The van der Waals surface area contributed by atoms with Crippen molar-refractivity contribution in [2.75, 3.05) is 0 Å². The summed E-state index contributed by atoms with van der Waals surface area (Å²) < 4.78 is 68.0. The fraction of sp³-hybridized carbons (Fsp3) is 0.455. The maximum atomic E-state index is 12.5. The minimum atomic E-state index is -4.40. The van der Waals surface area contributed by atoms with Crippen LogP contribution in [0.3, 0.4) is 0 Å². The van der Waals surface area contributed by atoms with E-state index in [1.807, 2.05) is 12.1 Å². The van der Waals surface area contributed by atoms with Gasteiger partial charge in [0.05, 0.1) is 9.79 Å². The molecular weight excluding hydrogens is 587 g/mol. The molecule has 0 aliphatic heterocycles. The molecule has 3 aliphatic rings. The fourth-order valence-corrected chi connectivity index (χ4v) is 13.9. The molecule has 3 aromatic carbocycles. The highest BCUT2D eigenvalue weighted by atomic mass is 32.2. The average Bonchev–Trinajstić information content (AvgIpc) is 3.26. The quantitative estimate of drug-likeness (QED) is 0.193. The van der Waals surface area contributed by atoms with Crippen molar-refractivity contribution in [3.8, 4) is 11.1 Å². The topological polar surface area (TPSA) is 109 Å². The largest absolute Gasteiger partial charge is 0.294 e. The molecule has 0 spiro atoms. The molecule has 2 saturated carbocycles. The summed E-state index contributed by atoms with van der Waals surface area (Å²) in [6.45, 7) is 0. The fourth-order valence-electron chi connectivity index (χ4n) is 7.95. The van der Waals surface area contributed by atoms with E-state index in [-0.39, 0.29) is 9.79 Å². The first-order valence-corrected chi connectivity index (χ1v) is 19.5. The first-order valence-electron chi connectivity index (χ1n) is 15.2. The van der Waals surface area contributed by atoms with Gasteiger partial charge in [0.25, 0.3) is 20.2 Å². The van der Waals surface area contributed by atoms with Crippen molar-refractivity contribution < 1.29 is 25.9 Å². The van der Waals surface area contributed by atoms with Crippen molar-refractivity contribution >= 4 is 28.2 Å². The zero-order chi connectivity index (χ0) is 29.5. The molecule has 0 aromatic heterocycles. The van der Waals surface area contributed by atoms with Gasteiger partial charge in [0, 0.05) is 5.16 Å². The van der Waals surface area contributed by atoms with E-state index in [4.69, 9.17) is 0 Å². The number of fused-ring (bicyclic) bond motifs is 3. The number of aryl methyl sites for hydroxylation is 1. The second-order valence-corrected chi connectivity index (χ2v) is 18.1. The molecule has 0 saturated heterocycles. The minimum Gasteiger partial charge on any atom is -0.282 e. The van der Waals surface area contributed by atoms with Gasteiger partial charge in [0.1, 0.15) is 0 Å². The highest BCUT2D eigenvalue weighted by Gasteiger charge is 2.53. The lowest BCUT2D eigenvalue weighted by atomic mass is 9.89. The molecule has 0 bridgehead atoms.